The zero-order chi connectivity index (χ0) is 13.7. The van der Waals surface area contributed by atoms with Crippen LogP contribution in [0, 0.1) is 41.4 Å². The lowest BCUT2D eigenvalue weighted by atomic mass is 9.55. The Hall–Kier alpha value is -0.260. The summed E-state index contributed by atoms with van der Waals surface area (Å²) < 4.78 is 0. The Balaban J connectivity index is 1.55. The summed E-state index contributed by atoms with van der Waals surface area (Å²) in [6, 6.07) is 0. The molecule has 0 heteroatoms. The highest BCUT2D eigenvalue weighted by atomic mass is 14.5. The molecule has 0 saturated heterocycles. The molecule has 0 aromatic rings. The SMILES string of the molecule is CC(C)C1CCC2C1CCC1C3CCCC=C3CCC12. The number of hydrogen-bond donors (Lipinski definition) is 0. The Kier molecular flexibility index (Phi) is 3.47. The van der Waals surface area contributed by atoms with Crippen molar-refractivity contribution in [3.05, 3.63) is 11.6 Å². The average molecular weight is 272 g/mol. The molecule has 0 spiro atoms. The van der Waals surface area contributed by atoms with Crippen LogP contribution in [0.15, 0.2) is 11.6 Å². The van der Waals surface area contributed by atoms with Gasteiger partial charge in [-0.05, 0) is 99.2 Å². The molecule has 0 heterocycles. The molecule has 20 heavy (non-hydrogen) atoms. The van der Waals surface area contributed by atoms with Gasteiger partial charge in [0, 0.05) is 0 Å². The molecular weight excluding hydrogens is 240 g/mol. The third-order valence-corrected chi connectivity index (χ3v) is 7.61. The molecule has 0 aliphatic heterocycles. The molecular formula is C20H32. The highest BCUT2D eigenvalue weighted by Gasteiger charge is 2.50. The van der Waals surface area contributed by atoms with Crippen LogP contribution in [0.4, 0.5) is 0 Å². The average Bonchev–Trinajstić information content (AvgIpc) is 2.91. The van der Waals surface area contributed by atoms with E-state index in [0.717, 1.165) is 41.4 Å². The van der Waals surface area contributed by atoms with Crippen LogP contribution in [0.5, 0.6) is 0 Å². The summed E-state index contributed by atoms with van der Waals surface area (Å²) in [4.78, 5) is 0. The minimum absolute atomic E-state index is 0.926. The normalized spacial score (nSPS) is 47.5. The fourth-order valence-corrected chi connectivity index (χ4v) is 6.83. The van der Waals surface area contributed by atoms with Gasteiger partial charge >= 0.3 is 0 Å². The lowest BCUT2D eigenvalue weighted by Crippen LogP contribution is -2.41. The van der Waals surface area contributed by atoms with Crippen molar-refractivity contribution in [2.75, 3.05) is 0 Å². The summed E-state index contributed by atoms with van der Waals surface area (Å²) >= 11 is 0. The minimum atomic E-state index is 0.926. The lowest BCUT2D eigenvalue weighted by Gasteiger charge is -2.50. The summed E-state index contributed by atoms with van der Waals surface area (Å²) in [5.74, 6) is 7.41. The van der Waals surface area contributed by atoms with Gasteiger partial charge in [0.25, 0.3) is 0 Å². The summed E-state index contributed by atoms with van der Waals surface area (Å²) in [7, 11) is 0. The number of rotatable bonds is 1. The van der Waals surface area contributed by atoms with Gasteiger partial charge in [0.1, 0.15) is 0 Å². The maximum atomic E-state index is 2.63. The summed E-state index contributed by atoms with van der Waals surface area (Å²) in [6.07, 6.45) is 16.3. The van der Waals surface area contributed by atoms with E-state index in [9.17, 15) is 0 Å². The van der Waals surface area contributed by atoms with Gasteiger partial charge in [0.2, 0.25) is 0 Å². The van der Waals surface area contributed by atoms with E-state index in [-0.39, 0.29) is 0 Å². The predicted molar refractivity (Wildman–Crippen MR) is 85.4 cm³/mol. The topological polar surface area (TPSA) is 0 Å². The molecule has 6 unspecified atom stereocenters. The first-order valence-corrected chi connectivity index (χ1v) is 9.44. The molecule has 0 aromatic heterocycles. The van der Waals surface area contributed by atoms with Crippen molar-refractivity contribution < 1.29 is 0 Å². The number of fused-ring (bicyclic) bond motifs is 5. The molecule has 0 N–H and O–H groups in total. The van der Waals surface area contributed by atoms with Gasteiger partial charge < -0.3 is 0 Å². The molecule has 6 atom stereocenters. The van der Waals surface area contributed by atoms with Gasteiger partial charge in [0.15, 0.2) is 0 Å². The first-order valence-electron chi connectivity index (χ1n) is 9.44. The molecule has 4 rings (SSSR count). The van der Waals surface area contributed by atoms with Crippen LogP contribution in [0.25, 0.3) is 0 Å². The molecule has 0 nitrogen and oxygen atoms in total. The van der Waals surface area contributed by atoms with Crippen LogP contribution in [0.3, 0.4) is 0 Å². The molecule has 4 aliphatic rings. The second kappa shape index (κ2) is 5.18. The van der Waals surface area contributed by atoms with E-state index in [1.54, 1.807) is 32.1 Å². The van der Waals surface area contributed by atoms with Crippen LogP contribution in [-0.2, 0) is 0 Å². The Morgan fingerprint density at radius 2 is 1.60 bits per heavy atom. The van der Waals surface area contributed by atoms with Crippen molar-refractivity contribution in [3.63, 3.8) is 0 Å². The molecule has 0 bridgehead atoms. The van der Waals surface area contributed by atoms with Crippen molar-refractivity contribution in [2.45, 2.75) is 71.6 Å². The molecule has 3 saturated carbocycles. The van der Waals surface area contributed by atoms with Gasteiger partial charge in [-0.15, -0.1) is 0 Å². The number of allylic oxidation sites excluding steroid dienone is 2. The maximum Gasteiger partial charge on any atom is -0.0172 e. The zero-order valence-electron chi connectivity index (χ0n) is 13.5. The molecule has 0 amide bonds. The minimum Gasteiger partial charge on any atom is -0.0850 e. The van der Waals surface area contributed by atoms with Crippen LogP contribution in [-0.4, -0.2) is 0 Å². The van der Waals surface area contributed by atoms with Crippen LogP contribution in [0.1, 0.15) is 71.6 Å². The number of hydrogen-bond acceptors (Lipinski definition) is 0. The highest BCUT2D eigenvalue weighted by Crippen LogP contribution is 2.59. The highest BCUT2D eigenvalue weighted by molar-refractivity contribution is 5.17. The van der Waals surface area contributed by atoms with E-state index in [2.05, 4.69) is 19.9 Å². The van der Waals surface area contributed by atoms with Crippen LogP contribution < -0.4 is 0 Å². The van der Waals surface area contributed by atoms with Crippen LogP contribution in [0.2, 0.25) is 0 Å². The van der Waals surface area contributed by atoms with E-state index in [1.165, 1.54) is 25.7 Å². The molecule has 3 fully saturated rings. The lowest BCUT2D eigenvalue weighted by molar-refractivity contribution is 0.0315. The van der Waals surface area contributed by atoms with Crippen LogP contribution >= 0.6 is 0 Å². The molecule has 0 radical (unpaired) electrons. The van der Waals surface area contributed by atoms with Crippen molar-refractivity contribution in [2.24, 2.45) is 41.4 Å². The van der Waals surface area contributed by atoms with E-state index in [1.807, 2.05) is 5.57 Å². The monoisotopic (exact) mass is 272 g/mol. The molecule has 4 aliphatic carbocycles. The van der Waals surface area contributed by atoms with E-state index in [0.29, 0.717) is 0 Å². The predicted octanol–water partition coefficient (Wildman–Crippen LogP) is 5.83. The fraction of sp³-hybridized carbons (Fsp3) is 0.900. The zero-order valence-corrected chi connectivity index (χ0v) is 13.5. The van der Waals surface area contributed by atoms with E-state index in [4.69, 9.17) is 0 Å². The summed E-state index contributed by atoms with van der Waals surface area (Å²) in [5, 5.41) is 0. The van der Waals surface area contributed by atoms with Crippen molar-refractivity contribution >= 4 is 0 Å². The van der Waals surface area contributed by atoms with E-state index < -0.39 is 0 Å². The first kappa shape index (κ1) is 13.4. The third kappa shape index (κ3) is 2.01. The van der Waals surface area contributed by atoms with Gasteiger partial charge in [-0.1, -0.05) is 25.5 Å². The second-order valence-corrected chi connectivity index (χ2v) is 8.57. The van der Waals surface area contributed by atoms with Crippen molar-refractivity contribution in [1.82, 2.24) is 0 Å². The fourth-order valence-electron chi connectivity index (χ4n) is 6.83. The van der Waals surface area contributed by atoms with Gasteiger partial charge in [0.05, 0.1) is 0 Å². The Bertz CT molecular complexity index is 391. The molecule has 0 aromatic carbocycles. The van der Waals surface area contributed by atoms with Gasteiger partial charge in [-0.25, -0.2) is 0 Å². The second-order valence-electron chi connectivity index (χ2n) is 8.57. The first-order chi connectivity index (χ1) is 9.75. The molecule has 112 valence electrons. The largest absolute Gasteiger partial charge is 0.0850 e. The quantitative estimate of drug-likeness (QED) is 0.527. The standard InChI is InChI=1S/C20H32/c1-13(2)15-9-10-20-17(15)11-12-18-16-6-4-3-5-14(16)7-8-19(18)20/h5,13,15-20H,3-4,6-12H2,1-2H3. The third-order valence-electron chi connectivity index (χ3n) is 7.61. The smallest absolute Gasteiger partial charge is 0.0172 e. The summed E-state index contributed by atoms with van der Waals surface area (Å²) in [5.41, 5.74) is 1.88. The van der Waals surface area contributed by atoms with Gasteiger partial charge in [-0.3, -0.25) is 0 Å². The van der Waals surface area contributed by atoms with Gasteiger partial charge in [-0.2, -0.15) is 0 Å². The Morgan fingerprint density at radius 1 is 0.850 bits per heavy atom. The maximum absolute atomic E-state index is 2.63. The summed E-state index contributed by atoms with van der Waals surface area (Å²) in [6.45, 7) is 4.95. The van der Waals surface area contributed by atoms with Crippen molar-refractivity contribution in [3.8, 4) is 0 Å². The van der Waals surface area contributed by atoms with E-state index >= 15 is 0 Å². The van der Waals surface area contributed by atoms with Crippen molar-refractivity contribution in [1.29, 1.82) is 0 Å². The Morgan fingerprint density at radius 3 is 2.45 bits per heavy atom. The Labute approximate surface area is 125 Å².